The number of carbonyl (C=O) groups excluding carboxylic acids is 2. The van der Waals surface area contributed by atoms with Gasteiger partial charge in [-0.15, -0.1) is 0 Å². The van der Waals surface area contributed by atoms with E-state index in [-0.39, 0.29) is 23.8 Å². The highest BCUT2D eigenvalue weighted by atomic mass is 32.1. The third kappa shape index (κ3) is 4.94. The number of anilines is 2. The number of ether oxygens (including phenoxy) is 1. The zero-order chi connectivity index (χ0) is 20.1. The van der Waals surface area contributed by atoms with E-state index in [1.165, 1.54) is 11.3 Å². The van der Waals surface area contributed by atoms with Gasteiger partial charge in [0, 0.05) is 43.7 Å². The molecule has 1 atom stereocenters. The first-order chi connectivity index (χ1) is 14.2. The van der Waals surface area contributed by atoms with Gasteiger partial charge in [-0.2, -0.15) is 11.3 Å². The lowest BCUT2D eigenvalue weighted by Crippen LogP contribution is -2.42. The van der Waals surface area contributed by atoms with Crippen LogP contribution in [-0.2, 0) is 9.53 Å². The fraction of sp³-hybridized carbons (Fsp3) is 0.476. The maximum atomic E-state index is 12.5. The van der Waals surface area contributed by atoms with Crippen LogP contribution in [0, 0.1) is 5.92 Å². The predicted octanol–water partition coefficient (Wildman–Crippen LogP) is 2.91. The number of hydrogen-bond acceptors (Lipinski definition) is 6. The molecular weight excluding hydrogens is 388 g/mol. The summed E-state index contributed by atoms with van der Waals surface area (Å²) in [6.07, 6.45) is 5.54. The van der Waals surface area contributed by atoms with Gasteiger partial charge >= 0.3 is 0 Å². The van der Waals surface area contributed by atoms with Crippen molar-refractivity contribution in [3.63, 3.8) is 0 Å². The largest absolute Gasteiger partial charge is 0.376 e. The number of aromatic nitrogens is 1. The van der Waals surface area contributed by atoms with E-state index >= 15 is 0 Å². The molecule has 4 rings (SSSR count). The molecule has 2 aromatic heterocycles. The standard InChI is InChI=1S/C21H26N4O3S/c26-20(23-13-17-3-2-11-28-17)15-5-9-25(10-6-15)19-18(4-1-8-22-19)24-21(27)16-7-12-29-14-16/h1,4,7-8,12,14-15,17H,2-3,5-6,9-11,13H2,(H,23,26)(H,24,27). The second-order valence-corrected chi connectivity index (χ2v) is 8.26. The van der Waals surface area contributed by atoms with Crippen molar-refractivity contribution in [1.82, 2.24) is 10.3 Å². The molecule has 1 unspecified atom stereocenters. The normalized spacial score (nSPS) is 19.9. The summed E-state index contributed by atoms with van der Waals surface area (Å²) in [5.41, 5.74) is 1.34. The van der Waals surface area contributed by atoms with Gasteiger partial charge in [0.25, 0.3) is 5.91 Å². The molecule has 0 saturated carbocycles. The summed E-state index contributed by atoms with van der Waals surface area (Å²) >= 11 is 1.49. The zero-order valence-corrected chi connectivity index (χ0v) is 17.1. The molecule has 29 heavy (non-hydrogen) atoms. The van der Waals surface area contributed by atoms with E-state index in [1.807, 2.05) is 22.9 Å². The summed E-state index contributed by atoms with van der Waals surface area (Å²) in [4.78, 5) is 31.5. The van der Waals surface area contributed by atoms with Crippen LogP contribution in [0.5, 0.6) is 0 Å². The molecule has 2 aliphatic heterocycles. The molecule has 154 valence electrons. The first kappa shape index (κ1) is 19.8. The Morgan fingerprint density at radius 2 is 2.10 bits per heavy atom. The minimum Gasteiger partial charge on any atom is -0.376 e. The summed E-state index contributed by atoms with van der Waals surface area (Å²) in [5.74, 6) is 0.755. The zero-order valence-electron chi connectivity index (χ0n) is 16.3. The molecule has 7 nitrogen and oxygen atoms in total. The van der Waals surface area contributed by atoms with Gasteiger partial charge in [0.15, 0.2) is 5.82 Å². The number of nitrogens with one attached hydrogen (secondary N) is 2. The number of thiophene rings is 1. The van der Waals surface area contributed by atoms with Crippen molar-refractivity contribution in [3.05, 3.63) is 40.7 Å². The topological polar surface area (TPSA) is 83.6 Å². The molecule has 0 spiro atoms. The molecule has 0 radical (unpaired) electrons. The first-order valence-electron chi connectivity index (χ1n) is 10.1. The van der Waals surface area contributed by atoms with E-state index in [0.29, 0.717) is 17.8 Å². The second kappa shape index (κ2) is 9.37. The minimum atomic E-state index is -0.135. The van der Waals surface area contributed by atoms with E-state index < -0.39 is 0 Å². The second-order valence-electron chi connectivity index (χ2n) is 7.48. The van der Waals surface area contributed by atoms with E-state index in [4.69, 9.17) is 4.74 Å². The maximum Gasteiger partial charge on any atom is 0.256 e. The third-order valence-electron chi connectivity index (χ3n) is 5.51. The summed E-state index contributed by atoms with van der Waals surface area (Å²) in [6.45, 7) is 2.87. The molecule has 0 aromatic carbocycles. The van der Waals surface area contributed by atoms with Crippen LogP contribution in [-0.4, -0.2) is 49.1 Å². The minimum absolute atomic E-state index is 0.0141. The Bertz CT molecular complexity index is 828. The van der Waals surface area contributed by atoms with Crippen LogP contribution in [0.2, 0.25) is 0 Å². The summed E-state index contributed by atoms with van der Waals surface area (Å²) < 4.78 is 5.57. The molecule has 2 amide bonds. The van der Waals surface area contributed by atoms with E-state index in [1.54, 1.807) is 12.3 Å². The Kier molecular flexibility index (Phi) is 6.41. The van der Waals surface area contributed by atoms with Crippen molar-refractivity contribution in [2.24, 2.45) is 5.92 Å². The van der Waals surface area contributed by atoms with E-state index in [9.17, 15) is 9.59 Å². The maximum absolute atomic E-state index is 12.5. The molecule has 2 fully saturated rings. The van der Waals surface area contributed by atoms with Gasteiger partial charge in [-0.05, 0) is 49.3 Å². The van der Waals surface area contributed by atoms with Gasteiger partial charge in [0.05, 0.1) is 17.4 Å². The predicted molar refractivity (Wildman–Crippen MR) is 113 cm³/mol. The monoisotopic (exact) mass is 414 g/mol. The molecule has 0 bridgehead atoms. The number of rotatable bonds is 6. The van der Waals surface area contributed by atoms with Crippen molar-refractivity contribution >= 4 is 34.7 Å². The summed E-state index contributed by atoms with van der Waals surface area (Å²) in [7, 11) is 0. The van der Waals surface area contributed by atoms with Gasteiger partial charge in [0.1, 0.15) is 0 Å². The number of amides is 2. The molecule has 2 aromatic rings. The van der Waals surface area contributed by atoms with Crippen molar-refractivity contribution < 1.29 is 14.3 Å². The van der Waals surface area contributed by atoms with Gasteiger partial charge in [-0.25, -0.2) is 4.98 Å². The fourth-order valence-electron chi connectivity index (χ4n) is 3.85. The molecular formula is C21H26N4O3S. The van der Waals surface area contributed by atoms with Crippen LogP contribution < -0.4 is 15.5 Å². The summed E-state index contributed by atoms with van der Waals surface area (Å²) in [5, 5.41) is 9.72. The van der Waals surface area contributed by atoms with Gasteiger partial charge < -0.3 is 20.3 Å². The summed E-state index contributed by atoms with van der Waals surface area (Å²) in [6, 6.07) is 5.49. The van der Waals surface area contributed by atoms with Crippen molar-refractivity contribution in [2.45, 2.75) is 31.8 Å². The Hall–Kier alpha value is -2.45. The number of carbonyl (C=O) groups is 2. The van der Waals surface area contributed by atoms with Crippen LogP contribution in [0.3, 0.4) is 0 Å². The molecule has 2 aliphatic rings. The van der Waals surface area contributed by atoms with E-state index in [0.717, 1.165) is 51.2 Å². The average Bonchev–Trinajstić information content (AvgIpc) is 3.47. The lowest BCUT2D eigenvalue weighted by atomic mass is 9.95. The molecule has 2 saturated heterocycles. The van der Waals surface area contributed by atoms with Gasteiger partial charge in [0.2, 0.25) is 5.91 Å². The van der Waals surface area contributed by atoms with Crippen LogP contribution in [0.4, 0.5) is 11.5 Å². The smallest absolute Gasteiger partial charge is 0.256 e. The number of piperidine rings is 1. The Balaban J connectivity index is 1.32. The molecule has 2 N–H and O–H groups in total. The van der Waals surface area contributed by atoms with Crippen LogP contribution >= 0.6 is 11.3 Å². The number of pyridine rings is 1. The fourth-order valence-corrected chi connectivity index (χ4v) is 4.49. The van der Waals surface area contributed by atoms with Crippen LogP contribution in [0.25, 0.3) is 0 Å². The lowest BCUT2D eigenvalue weighted by molar-refractivity contribution is -0.126. The van der Waals surface area contributed by atoms with Crippen molar-refractivity contribution in [3.8, 4) is 0 Å². The number of hydrogen-bond donors (Lipinski definition) is 2. The van der Waals surface area contributed by atoms with Gasteiger partial charge in [-0.1, -0.05) is 0 Å². The number of nitrogens with zero attached hydrogens (tertiary/aromatic N) is 2. The third-order valence-corrected chi connectivity index (χ3v) is 6.19. The molecule has 8 heteroatoms. The average molecular weight is 415 g/mol. The van der Waals surface area contributed by atoms with Crippen molar-refractivity contribution in [2.75, 3.05) is 36.5 Å². The highest BCUT2D eigenvalue weighted by molar-refractivity contribution is 7.08. The Morgan fingerprint density at radius 3 is 2.83 bits per heavy atom. The highest BCUT2D eigenvalue weighted by Crippen LogP contribution is 2.28. The van der Waals surface area contributed by atoms with Crippen molar-refractivity contribution in [1.29, 1.82) is 0 Å². The van der Waals surface area contributed by atoms with Gasteiger partial charge in [-0.3, -0.25) is 9.59 Å². The Labute approximate surface area is 174 Å². The quantitative estimate of drug-likeness (QED) is 0.759. The van der Waals surface area contributed by atoms with Crippen LogP contribution in [0.15, 0.2) is 35.2 Å². The van der Waals surface area contributed by atoms with E-state index in [2.05, 4.69) is 20.5 Å². The highest BCUT2D eigenvalue weighted by Gasteiger charge is 2.27. The van der Waals surface area contributed by atoms with Crippen LogP contribution in [0.1, 0.15) is 36.0 Å². The Morgan fingerprint density at radius 1 is 1.24 bits per heavy atom. The molecule has 4 heterocycles. The lowest BCUT2D eigenvalue weighted by Gasteiger charge is -2.33. The SMILES string of the molecule is O=C(Nc1cccnc1N1CCC(C(=O)NCC2CCCO2)CC1)c1ccsc1. The first-order valence-corrected chi connectivity index (χ1v) is 11.1. The molecule has 0 aliphatic carbocycles.